The molecule has 112 valence electrons. The fraction of sp³-hybridized carbons (Fsp3) is 0.176. The van der Waals surface area contributed by atoms with Gasteiger partial charge in [0.1, 0.15) is 5.82 Å². The van der Waals surface area contributed by atoms with Gasteiger partial charge in [0, 0.05) is 10.9 Å². The van der Waals surface area contributed by atoms with Gasteiger partial charge in [-0.25, -0.2) is 4.68 Å². The van der Waals surface area contributed by atoms with Gasteiger partial charge < -0.3 is 5.32 Å². The summed E-state index contributed by atoms with van der Waals surface area (Å²) in [6, 6.07) is 15.8. The minimum absolute atomic E-state index is 0.0905. The zero-order valence-electron chi connectivity index (χ0n) is 12.5. The van der Waals surface area contributed by atoms with E-state index in [0.29, 0.717) is 11.4 Å². The van der Waals surface area contributed by atoms with Crippen molar-refractivity contribution in [2.75, 3.05) is 5.32 Å². The van der Waals surface area contributed by atoms with Gasteiger partial charge in [-0.1, -0.05) is 30.3 Å². The van der Waals surface area contributed by atoms with Crippen molar-refractivity contribution in [3.63, 3.8) is 0 Å². The molecule has 5 heteroatoms. The number of carbonyl (C=O) groups excluding carboxylic acids is 1. The van der Waals surface area contributed by atoms with E-state index in [1.165, 1.54) is 11.3 Å². The first-order chi connectivity index (χ1) is 10.6. The lowest BCUT2D eigenvalue weighted by Crippen LogP contribution is -2.15. The van der Waals surface area contributed by atoms with Crippen LogP contribution in [0.4, 0.5) is 5.82 Å². The standard InChI is InChI=1S/C17H17N3OS/c1-12-10-16(18-17(21)15-9-8-13(2)22-15)20(19-12)11-14-6-4-3-5-7-14/h3-10H,11H2,1-2H3,(H,18,21). The van der Waals surface area contributed by atoms with E-state index < -0.39 is 0 Å². The van der Waals surface area contributed by atoms with E-state index in [9.17, 15) is 4.79 Å². The molecule has 2 aromatic heterocycles. The normalized spacial score (nSPS) is 10.6. The Morgan fingerprint density at radius 2 is 1.95 bits per heavy atom. The SMILES string of the molecule is Cc1cc(NC(=O)c2ccc(C)s2)n(Cc2ccccc2)n1. The summed E-state index contributed by atoms with van der Waals surface area (Å²) in [5.41, 5.74) is 2.03. The second kappa shape index (κ2) is 6.15. The molecular formula is C17H17N3OS. The number of rotatable bonds is 4. The average molecular weight is 311 g/mol. The Morgan fingerprint density at radius 3 is 2.64 bits per heavy atom. The molecule has 4 nitrogen and oxygen atoms in total. The van der Waals surface area contributed by atoms with Crippen LogP contribution in [0.5, 0.6) is 0 Å². The maximum Gasteiger partial charge on any atom is 0.266 e. The molecule has 0 fully saturated rings. The van der Waals surface area contributed by atoms with E-state index in [0.717, 1.165) is 22.0 Å². The highest BCUT2D eigenvalue weighted by Crippen LogP contribution is 2.18. The number of carbonyl (C=O) groups is 1. The van der Waals surface area contributed by atoms with Crippen LogP contribution < -0.4 is 5.32 Å². The number of aromatic nitrogens is 2. The number of hydrogen-bond acceptors (Lipinski definition) is 3. The van der Waals surface area contributed by atoms with Gasteiger partial charge in [-0.05, 0) is 31.5 Å². The Morgan fingerprint density at radius 1 is 1.18 bits per heavy atom. The van der Waals surface area contributed by atoms with Crippen molar-refractivity contribution < 1.29 is 4.79 Å². The molecule has 0 unspecified atom stereocenters. The first-order valence-electron chi connectivity index (χ1n) is 7.08. The largest absolute Gasteiger partial charge is 0.306 e. The number of benzene rings is 1. The predicted molar refractivity (Wildman–Crippen MR) is 89.5 cm³/mol. The summed E-state index contributed by atoms with van der Waals surface area (Å²) in [5, 5.41) is 7.42. The topological polar surface area (TPSA) is 46.9 Å². The number of hydrogen-bond donors (Lipinski definition) is 1. The van der Waals surface area contributed by atoms with Crippen LogP contribution in [0.25, 0.3) is 0 Å². The molecule has 0 atom stereocenters. The van der Waals surface area contributed by atoms with E-state index in [1.807, 2.05) is 67.1 Å². The van der Waals surface area contributed by atoms with Crippen LogP contribution in [0.2, 0.25) is 0 Å². The van der Waals surface area contributed by atoms with E-state index in [1.54, 1.807) is 0 Å². The van der Waals surface area contributed by atoms with Crippen molar-refractivity contribution in [2.24, 2.45) is 0 Å². The molecule has 2 heterocycles. The number of aryl methyl sites for hydroxylation is 2. The predicted octanol–water partition coefficient (Wildman–Crippen LogP) is 3.86. The molecule has 0 aliphatic heterocycles. The van der Waals surface area contributed by atoms with Crippen LogP contribution in [-0.2, 0) is 6.54 Å². The summed E-state index contributed by atoms with van der Waals surface area (Å²) in [5.74, 6) is 0.629. The zero-order chi connectivity index (χ0) is 15.5. The van der Waals surface area contributed by atoms with E-state index in [2.05, 4.69) is 10.4 Å². The first kappa shape index (κ1) is 14.5. The number of nitrogens with one attached hydrogen (secondary N) is 1. The van der Waals surface area contributed by atoms with Crippen molar-refractivity contribution in [3.8, 4) is 0 Å². The molecule has 22 heavy (non-hydrogen) atoms. The molecule has 1 amide bonds. The Hall–Kier alpha value is -2.40. The summed E-state index contributed by atoms with van der Waals surface area (Å²) >= 11 is 1.49. The fourth-order valence-corrected chi connectivity index (χ4v) is 3.02. The van der Waals surface area contributed by atoms with Gasteiger partial charge in [-0.15, -0.1) is 11.3 Å². The van der Waals surface area contributed by atoms with Crippen molar-refractivity contribution in [3.05, 3.63) is 69.5 Å². The van der Waals surface area contributed by atoms with E-state index in [-0.39, 0.29) is 5.91 Å². The van der Waals surface area contributed by atoms with Gasteiger partial charge in [0.25, 0.3) is 5.91 Å². The summed E-state index contributed by atoms with van der Waals surface area (Å²) in [4.78, 5) is 14.1. The smallest absolute Gasteiger partial charge is 0.266 e. The molecule has 0 saturated carbocycles. The average Bonchev–Trinajstić information content (AvgIpc) is 3.07. The highest BCUT2D eigenvalue weighted by atomic mass is 32.1. The Labute approximate surface area is 133 Å². The van der Waals surface area contributed by atoms with Crippen LogP contribution in [0.1, 0.15) is 25.8 Å². The number of anilines is 1. The third kappa shape index (κ3) is 3.26. The third-order valence-corrected chi connectivity index (χ3v) is 4.28. The molecule has 0 radical (unpaired) electrons. The van der Waals surface area contributed by atoms with Crippen molar-refractivity contribution in [1.29, 1.82) is 0 Å². The van der Waals surface area contributed by atoms with Gasteiger partial charge in [-0.2, -0.15) is 5.10 Å². The highest BCUT2D eigenvalue weighted by molar-refractivity contribution is 7.14. The Kier molecular flexibility index (Phi) is 4.06. The minimum atomic E-state index is -0.0905. The molecule has 0 saturated heterocycles. The fourth-order valence-electron chi connectivity index (χ4n) is 2.26. The second-order valence-electron chi connectivity index (χ2n) is 5.18. The molecule has 3 rings (SSSR count). The Bertz CT molecular complexity index is 789. The summed E-state index contributed by atoms with van der Waals surface area (Å²) < 4.78 is 1.82. The van der Waals surface area contributed by atoms with Crippen LogP contribution >= 0.6 is 11.3 Å². The zero-order valence-corrected chi connectivity index (χ0v) is 13.4. The maximum atomic E-state index is 12.3. The Balaban J connectivity index is 1.80. The molecule has 0 aliphatic carbocycles. The molecule has 0 spiro atoms. The molecule has 0 bridgehead atoms. The highest BCUT2D eigenvalue weighted by Gasteiger charge is 2.12. The third-order valence-electron chi connectivity index (χ3n) is 3.28. The second-order valence-corrected chi connectivity index (χ2v) is 6.47. The van der Waals surface area contributed by atoms with E-state index >= 15 is 0 Å². The van der Waals surface area contributed by atoms with E-state index in [4.69, 9.17) is 0 Å². The van der Waals surface area contributed by atoms with Crippen molar-refractivity contribution in [2.45, 2.75) is 20.4 Å². The van der Waals surface area contributed by atoms with Gasteiger partial charge in [0.2, 0.25) is 0 Å². The van der Waals surface area contributed by atoms with Crippen LogP contribution in [0.15, 0.2) is 48.5 Å². The van der Waals surface area contributed by atoms with Gasteiger partial charge in [-0.3, -0.25) is 4.79 Å². The molecular weight excluding hydrogens is 294 g/mol. The molecule has 1 N–H and O–H groups in total. The van der Waals surface area contributed by atoms with Crippen LogP contribution in [0.3, 0.4) is 0 Å². The number of thiophene rings is 1. The first-order valence-corrected chi connectivity index (χ1v) is 7.89. The van der Waals surface area contributed by atoms with Crippen LogP contribution in [0, 0.1) is 13.8 Å². The molecule has 1 aromatic carbocycles. The molecule has 0 aliphatic rings. The number of nitrogens with zero attached hydrogens (tertiary/aromatic N) is 2. The summed E-state index contributed by atoms with van der Waals surface area (Å²) in [7, 11) is 0. The van der Waals surface area contributed by atoms with Gasteiger partial charge in [0.05, 0.1) is 17.1 Å². The van der Waals surface area contributed by atoms with Gasteiger partial charge >= 0.3 is 0 Å². The van der Waals surface area contributed by atoms with Crippen LogP contribution in [-0.4, -0.2) is 15.7 Å². The maximum absolute atomic E-state index is 12.3. The summed E-state index contributed by atoms with van der Waals surface area (Å²) in [6.07, 6.45) is 0. The number of amides is 1. The lowest BCUT2D eigenvalue weighted by Gasteiger charge is -2.08. The minimum Gasteiger partial charge on any atom is -0.306 e. The monoisotopic (exact) mass is 311 g/mol. The lowest BCUT2D eigenvalue weighted by molar-refractivity contribution is 0.102. The quantitative estimate of drug-likeness (QED) is 0.795. The van der Waals surface area contributed by atoms with Gasteiger partial charge in [0.15, 0.2) is 0 Å². The lowest BCUT2D eigenvalue weighted by atomic mass is 10.2. The van der Waals surface area contributed by atoms with Crippen molar-refractivity contribution in [1.82, 2.24) is 9.78 Å². The van der Waals surface area contributed by atoms with Crippen molar-refractivity contribution >= 4 is 23.1 Å². The summed E-state index contributed by atoms with van der Waals surface area (Å²) in [6.45, 7) is 4.55. The molecule has 3 aromatic rings.